The molecule has 0 aromatic heterocycles. The molecular formula is C29H29ClN2O3. The summed E-state index contributed by atoms with van der Waals surface area (Å²) in [6.45, 7) is 5.28. The summed E-state index contributed by atoms with van der Waals surface area (Å²) in [4.78, 5) is 13.9. The van der Waals surface area contributed by atoms with Gasteiger partial charge >= 0.3 is 5.97 Å². The number of nitrogens with zero attached hydrogens (tertiary/aromatic N) is 1. The molecule has 1 heterocycles. The lowest BCUT2D eigenvalue weighted by Gasteiger charge is -2.37. The van der Waals surface area contributed by atoms with Gasteiger partial charge in [0.25, 0.3) is 0 Å². The van der Waals surface area contributed by atoms with Crippen LogP contribution in [0.1, 0.15) is 34.5 Å². The number of fused-ring (bicyclic) bond motifs is 2. The van der Waals surface area contributed by atoms with Crippen molar-refractivity contribution in [1.29, 1.82) is 0 Å². The van der Waals surface area contributed by atoms with Crippen LogP contribution < -0.4 is 15.0 Å². The summed E-state index contributed by atoms with van der Waals surface area (Å²) in [5, 5.41) is 15.8. The largest absolute Gasteiger partial charge is 0.485 e. The third-order valence-electron chi connectivity index (χ3n) is 6.54. The number of benzene rings is 4. The number of aromatic carboxylic acids is 1. The number of halogens is 1. The number of anilines is 2. The fraction of sp³-hybridized carbons (Fsp3) is 0.207. The lowest BCUT2D eigenvalue weighted by molar-refractivity contribution is 0.0696. The van der Waals surface area contributed by atoms with Gasteiger partial charge in [-0.1, -0.05) is 60.7 Å². The number of aryl methyl sites for hydroxylation is 1. The van der Waals surface area contributed by atoms with Crippen LogP contribution in [0.25, 0.3) is 10.8 Å². The average Bonchev–Trinajstić information content (AvgIpc) is 2.86. The Morgan fingerprint density at radius 2 is 1.80 bits per heavy atom. The Kier molecular flexibility index (Phi) is 7.29. The van der Waals surface area contributed by atoms with Crippen molar-refractivity contribution >= 4 is 40.5 Å². The molecule has 2 N–H and O–H groups in total. The maximum absolute atomic E-state index is 11.7. The van der Waals surface area contributed by atoms with E-state index in [1.807, 2.05) is 43.3 Å². The van der Waals surface area contributed by atoms with Crippen LogP contribution in [0.5, 0.6) is 5.75 Å². The van der Waals surface area contributed by atoms with E-state index in [9.17, 15) is 9.90 Å². The van der Waals surface area contributed by atoms with Gasteiger partial charge in [0, 0.05) is 18.3 Å². The zero-order chi connectivity index (χ0) is 23.7. The van der Waals surface area contributed by atoms with Gasteiger partial charge in [-0.05, 0) is 60.0 Å². The molecule has 0 amide bonds. The first-order chi connectivity index (χ1) is 16.5. The predicted octanol–water partition coefficient (Wildman–Crippen LogP) is 6.52. The van der Waals surface area contributed by atoms with E-state index >= 15 is 0 Å². The van der Waals surface area contributed by atoms with Gasteiger partial charge in [0.1, 0.15) is 11.9 Å². The summed E-state index contributed by atoms with van der Waals surface area (Å²) < 4.78 is 6.34. The van der Waals surface area contributed by atoms with Crippen molar-refractivity contribution < 1.29 is 14.6 Å². The molecule has 0 spiro atoms. The molecule has 0 saturated carbocycles. The van der Waals surface area contributed by atoms with Crippen molar-refractivity contribution in [2.45, 2.75) is 26.0 Å². The van der Waals surface area contributed by atoms with E-state index in [2.05, 4.69) is 59.6 Å². The molecule has 35 heavy (non-hydrogen) atoms. The van der Waals surface area contributed by atoms with Gasteiger partial charge in [-0.3, -0.25) is 0 Å². The molecule has 4 aromatic carbocycles. The van der Waals surface area contributed by atoms with Crippen LogP contribution in [0.15, 0.2) is 84.9 Å². The van der Waals surface area contributed by atoms with E-state index < -0.39 is 5.97 Å². The number of carbonyl (C=O) groups is 1. The van der Waals surface area contributed by atoms with Crippen molar-refractivity contribution in [2.24, 2.45) is 0 Å². The number of carboxylic acid groups (broad SMARTS) is 1. The molecule has 1 aliphatic rings. The SMILES string of the molecule is Cc1ccc(N2CC(CN[C@H](C)c3cccc4ccccc34)Oc3ccccc32)cc1C(=O)O.Cl. The molecule has 1 aliphatic heterocycles. The topological polar surface area (TPSA) is 61.8 Å². The number of hydrogen-bond donors (Lipinski definition) is 2. The Bertz CT molecular complexity index is 1350. The molecule has 2 atom stereocenters. The monoisotopic (exact) mass is 488 g/mol. The maximum Gasteiger partial charge on any atom is 0.336 e. The number of ether oxygens (including phenoxy) is 1. The van der Waals surface area contributed by atoms with E-state index in [1.165, 1.54) is 16.3 Å². The number of carboxylic acids is 1. The quantitative estimate of drug-likeness (QED) is 0.323. The Morgan fingerprint density at radius 1 is 1.06 bits per heavy atom. The van der Waals surface area contributed by atoms with Crippen molar-refractivity contribution in [3.8, 4) is 5.75 Å². The number of para-hydroxylation sites is 2. The summed E-state index contributed by atoms with van der Waals surface area (Å²) in [5.74, 6) is -0.112. The van der Waals surface area contributed by atoms with Crippen LogP contribution >= 0.6 is 12.4 Å². The lowest BCUT2D eigenvalue weighted by Crippen LogP contribution is -2.44. The number of nitrogens with one attached hydrogen (secondary N) is 1. The molecule has 0 saturated heterocycles. The highest BCUT2D eigenvalue weighted by molar-refractivity contribution is 5.91. The molecule has 0 aliphatic carbocycles. The summed E-state index contributed by atoms with van der Waals surface area (Å²) in [6, 6.07) is 28.5. The molecule has 180 valence electrons. The van der Waals surface area contributed by atoms with Crippen LogP contribution in [0, 0.1) is 6.92 Å². The molecule has 0 radical (unpaired) electrons. The van der Waals surface area contributed by atoms with Gasteiger partial charge in [0.15, 0.2) is 0 Å². The van der Waals surface area contributed by atoms with Gasteiger partial charge in [-0.25, -0.2) is 4.79 Å². The minimum absolute atomic E-state index is 0. The van der Waals surface area contributed by atoms with E-state index in [-0.39, 0.29) is 24.6 Å². The summed E-state index contributed by atoms with van der Waals surface area (Å²) in [6.07, 6.45) is -0.0955. The maximum atomic E-state index is 11.7. The number of hydrogen-bond acceptors (Lipinski definition) is 4. The fourth-order valence-electron chi connectivity index (χ4n) is 4.70. The Balaban J connectivity index is 0.00000289. The second-order valence-electron chi connectivity index (χ2n) is 8.82. The van der Waals surface area contributed by atoms with Crippen molar-refractivity contribution in [3.63, 3.8) is 0 Å². The normalized spacial score (nSPS) is 15.6. The minimum atomic E-state index is -0.914. The smallest absolute Gasteiger partial charge is 0.336 e. The molecule has 1 unspecified atom stereocenters. The van der Waals surface area contributed by atoms with Crippen LogP contribution in [-0.2, 0) is 0 Å². The van der Waals surface area contributed by atoms with E-state index in [0.29, 0.717) is 18.7 Å². The summed E-state index contributed by atoms with van der Waals surface area (Å²) in [7, 11) is 0. The first kappa shape index (κ1) is 24.6. The molecule has 0 bridgehead atoms. The van der Waals surface area contributed by atoms with Gasteiger partial charge < -0.3 is 20.1 Å². The molecule has 6 heteroatoms. The van der Waals surface area contributed by atoms with Gasteiger partial charge in [0.05, 0.1) is 17.8 Å². The second kappa shape index (κ2) is 10.4. The van der Waals surface area contributed by atoms with Crippen molar-refractivity contribution in [2.75, 3.05) is 18.0 Å². The molecule has 0 fully saturated rings. The van der Waals surface area contributed by atoms with Crippen LogP contribution in [0.4, 0.5) is 11.4 Å². The highest BCUT2D eigenvalue weighted by Gasteiger charge is 2.27. The van der Waals surface area contributed by atoms with Gasteiger partial charge in [-0.15, -0.1) is 12.4 Å². The summed E-state index contributed by atoms with van der Waals surface area (Å²) >= 11 is 0. The average molecular weight is 489 g/mol. The molecule has 5 rings (SSSR count). The van der Waals surface area contributed by atoms with E-state index in [0.717, 1.165) is 22.7 Å². The van der Waals surface area contributed by atoms with Crippen molar-refractivity contribution in [3.05, 3.63) is 102 Å². The van der Waals surface area contributed by atoms with E-state index in [4.69, 9.17) is 4.74 Å². The molecule has 5 nitrogen and oxygen atoms in total. The van der Waals surface area contributed by atoms with Crippen LogP contribution in [0.3, 0.4) is 0 Å². The second-order valence-corrected chi connectivity index (χ2v) is 8.82. The minimum Gasteiger partial charge on any atom is -0.485 e. The standard InChI is InChI=1S/C29H28N2O3.ClH/c1-19-14-15-22(16-26(19)29(32)33)31-18-23(34-28-13-6-5-12-27(28)31)17-30-20(2)24-11-7-9-21-8-3-4-10-25(21)24;/h3-16,20,23,30H,17-18H2,1-2H3,(H,32,33);1H/t20-,23?;/m1./s1. The molecular weight excluding hydrogens is 460 g/mol. The first-order valence-electron chi connectivity index (χ1n) is 11.6. The zero-order valence-corrected chi connectivity index (χ0v) is 20.6. The van der Waals surface area contributed by atoms with Crippen LogP contribution in [0.2, 0.25) is 0 Å². The lowest BCUT2D eigenvalue weighted by atomic mass is 9.99. The highest BCUT2D eigenvalue weighted by Crippen LogP contribution is 2.38. The number of rotatable bonds is 6. The third-order valence-corrected chi connectivity index (χ3v) is 6.54. The Morgan fingerprint density at radius 3 is 2.63 bits per heavy atom. The fourth-order valence-corrected chi connectivity index (χ4v) is 4.70. The third kappa shape index (κ3) is 4.97. The first-order valence-corrected chi connectivity index (χ1v) is 11.6. The van der Waals surface area contributed by atoms with Crippen molar-refractivity contribution in [1.82, 2.24) is 5.32 Å². The Labute approximate surface area is 211 Å². The summed E-state index contributed by atoms with van der Waals surface area (Å²) in [5.41, 5.74) is 4.13. The predicted molar refractivity (Wildman–Crippen MR) is 144 cm³/mol. The Hall–Kier alpha value is -3.54. The van der Waals surface area contributed by atoms with Gasteiger partial charge in [0.2, 0.25) is 0 Å². The van der Waals surface area contributed by atoms with Crippen LogP contribution in [-0.4, -0.2) is 30.3 Å². The highest BCUT2D eigenvalue weighted by atomic mass is 35.5. The zero-order valence-electron chi connectivity index (χ0n) is 19.8. The van der Waals surface area contributed by atoms with E-state index in [1.54, 1.807) is 6.07 Å². The van der Waals surface area contributed by atoms with Gasteiger partial charge in [-0.2, -0.15) is 0 Å². The molecule has 4 aromatic rings.